The van der Waals surface area contributed by atoms with Crippen LogP contribution in [-0.2, 0) is 4.79 Å². The van der Waals surface area contributed by atoms with Crippen molar-refractivity contribution in [3.05, 3.63) is 62.8 Å². The zero-order valence-electron chi connectivity index (χ0n) is 17.0. The standard InChI is InChI=1S/C23H24ClNO4/c1-5-25(6-2)19(26)13-28-23-20(27)17-12-14(3)11-15(4)21(17)29-22(23)16-9-7-8-10-18(16)24/h7-12H,5-6,13H2,1-4H3. The Morgan fingerprint density at radius 1 is 1.14 bits per heavy atom. The lowest BCUT2D eigenvalue weighted by atomic mass is 10.1. The number of ether oxygens (including phenoxy) is 1. The van der Waals surface area contributed by atoms with Gasteiger partial charge in [-0.2, -0.15) is 0 Å². The molecule has 0 unspecified atom stereocenters. The van der Waals surface area contributed by atoms with Crippen molar-refractivity contribution in [2.75, 3.05) is 19.7 Å². The fourth-order valence-electron chi connectivity index (χ4n) is 3.39. The lowest BCUT2D eigenvalue weighted by Crippen LogP contribution is -2.35. The molecule has 1 amide bonds. The Bertz CT molecular complexity index is 1120. The second-order valence-electron chi connectivity index (χ2n) is 6.88. The Hall–Kier alpha value is -2.79. The van der Waals surface area contributed by atoms with Crippen LogP contribution >= 0.6 is 11.6 Å². The first-order chi connectivity index (χ1) is 13.9. The van der Waals surface area contributed by atoms with Crippen molar-refractivity contribution in [1.29, 1.82) is 0 Å². The van der Waals surface area contributed by atoms with Crippen LogP contribution in [0.15, 0.2) is 45.6 Å². The minimum Gasteiger partial charge on any atom is -0.476 e. The molecular weight excluding hydrogens is 390 g/mol. The van der Waals surface area contributed by atoms with Crippen LogP contribution in [0, 0.1) is 13.8 Å². The second kappa shape index (κ2) is 8.70. The Labute approximate surface area is 174 Å². The number of carbonyl (C=O) groups excluding carboxylic acids is 1. The summed E-state index contributed by atoms with van der Waals surface area (Å²) in [6.45, 7) is 8.48. The highest BCUT2D eigenvalue weighted by molar-refractivity contribution is 6.33. The zero-order valence-corrected chi connectivity index (χ0v) is 17.8. The van der Waals surface area contributed by atoms with Gasteiger partial charge in [0.1, 0.15) is 5.58 Å². The second-order valence-corrected chi connectivity index (χ2v) is 7.29. The minimum absolute atomic E-state index is 0.00361. The number of carbonyl (C=O) groups is 1. The van der Waals surface area contributed by atoms with Gasteiger partial charge in [0, 0.05) is 18.7 Å². The van der Waals surface area contributed by atoms with Gasteiger partial charge >= 0.3 is 0 Å². The van der Waals surface area contributed by atoms with Crippen molar-refractivity contribution in [1.82, 2.24) is 4.90 Å². The van der Waals surface area contributed by atoms with Gasteiger partial charge in [-0.25, -0.2) is 0 Å². The summed E-state index contributed by atoms with van der Waals surface area (Å²) >= 11 is 6.36. The van der Waals surface area contributed by atoms with Crippen LogP contribution in [0.1, 0.15) is 25.0 Å². The first kappa shape index (κ1) is 20.9. The number of rotatable bonds is 6. The molecule has 0 fully saturated rings. The molecule has 0 aliphatic rings. The van der Waals surface area contributed by atoms with E-state index in [1.807, 2.05) is 33.8 Å². The summed E-state index contributed by atoms with van der Waals surface area (Å²) in [7, 11) is 0. The molecule has 2 aromatic carbocycles. The number of nitrogens with zero attached hydrogens (tertiary/aromatic N) is 1. The lowest BCUT2D eigenvalue weighted by molar-refractivity contribution is -0.132. The molecule has 0 N–H and O–H groups in total. The Kier molecular flexibility index (Phi) is 6.28. The fraction of sp³-hybridized carbons (Fsp3) is 0.304. The van der Waals surface area contributed by atoms with Crippen molar-refractivity contribution >= 4 is 28.5 Å². The summed E-state index contributed by atoms with van der Waals surface area (Å²) < 4.78 is 11.9. The van der Waals surface area contributed by atoms with E-state index in [4.69, 9.17) is 20.8 Å². The number of likely N-dealkylation sites (N-methyl/N-ethyl adjacent to an activating group) is 1. The molecule has 0 saturated carbocycles. The van der Waals surface area contributed by atoms with Crippen molar-refractivity contribution in [2.45, 2.75) is 27.7 Å². The van der Waals surface area contributed by atoms with Crippen molar-refractivity contribution in [2.24, 2.45) is 0 Å². The van der Waals surface area contributed by atoms with Gasteiger partial charge in [-0.05, 0) is 57.0 Å². The Morgan fingerprint density at radius 3 is 2.48 bits per heavy atom. The summed E-state index contributed by atoms with van der Waals surface area (Å²) in [6.07, 6.45) is 0. The number of benzene rings is 2. The van der Waals surface area contributed by atoms with Crippen LogP contribution < -0.4 is 10.2 Å². The zero-order chi connectivity index (χ0) is 21.1. The smallest absolute Gasteiger partial charge is 0.260 e. The highest BCUT2D eigenvalue weighted by atomic mass is 35.5. The first-order valence-corrected chi connectivity index (χ1v) is 9.98. The van der Waals surface area contributed by atoms with E-state index in [1.54, 1.807) is 35.2 Å². The molecule has 1 aromatic heterocycles. The van der Waals surface area contributed by atoms with Crippen LogP contribution in [0.25, 0.3) is 22.3 Å². The highest BCUT2D eigenvalue weighted by Gasteiger charge is 2.22. The van der Waals surface area contributed by atoms with E-state index in [2.05, 4.69) is 0 Å². The SMILES string of the molecule is CCN(CC)C(=O)COc1c(-c2ccccc2Cl)oc2c(C)cc(C)cc2c1=O. The molecule has 0 saturated heterocycles. The van der Waals surface area contributed by atoms with Crippen molar-refractivity contribution in [3.63, 3.8) is 0 Å². The maximum absolute atomic E-state index is 13.3. The number of amides is 1. The molecule has 5 nitrogen and oxygen atoms in total. The molecule has 3 aromatic rings. The van der Waals surface area contributed by atoms with Crippen LogP contribution in [0.2, 0.25) is 5.02 Å². The van der Waals surface area contributed by atoms with E-state index in [0.717, 1.165) is 11.1 Å². The molecule has 152 valence electrons. The molecule has 0 radical (unpaired) electrons. The summed E-state index contributed by atoms with van der Waals surface area (Å²) in [4.78, 5) is 27.4. The monoisotopic (exact) mass is 413 g/mol. The maximum atomic E-state index is 13.3. The molecule has 6 heteroatoms. The van der Waals surface area contributed by atoms with Crippen LogP contribution in [-0.4, -0.2) is 30.5 Å². The van der Waals surface area contributed by atoms with Gasteiger partial charge in [0.2, 0.25) is 11.2 Å². The van der Waals surface area contributed by atoms with Crippen LogP contribution in [0.3, 0.4) is 0 Å². The normalized spacial score (nSPS) is 10.9. The molecule has 3 rings (SSSR count). The fourth-order valence-corrected chi connectivity index (χ4v) is 3.61. The summed E-state index contributed by atoms with van der Waals surface area (Å²) in [5.41, 5.74) is 2.49. The van der Waals surface area contributed by atoms with Gasteiger partial charge in [0.25, 0.3) is 5.91 Å². The van der Waals surface area contributed by atoms with E-state index in [-0.39, 0.29) is 29.5 Å². The third-order valence-corrected chi connectivity index (χ3v) is 5.18. The highest BCUT2D eigenvalue weighted by Crippen LogP contribution is 2.36. The van der Waals surface area contributed by atoms with E-state index in [9.17, 15) is 9.59 Å². The minimum atomic E-state index is -0.319. The van der Waals surface area contributed by atoms with Crippen molar-refractivity contribution < 1.29 is 13.9 Å². The first-order valence-electron chi connectivity index (χ1n) is 9.60. The number of hydrogen-bond acceptors (Lipinski definition) is 4. The molecule has 0 spiro atoms. The average Bonchev–Trinajstić information content (AvgIpc) is 2.69. The molecule has 1 heterocycles. The predicted molar refractivity (Wildman–Crippen MR) is 116 cm³/mol. The van der Waals surface area contributed by atoms with Crippen molar-refractivity contribution in [3.8, 4) is 17.1 Å². The maximum Gasteiger partial charge on any atom is 0.260 e. The topological polar surface area (TPSA) is 59.8 Å². The summed E-state index contributed by atoms with van der Waals surface area (Å²) in [5, 5.41) is 0.850. The number of hydrogen-bond donors (Lipinski definition) is 0. The molecule has 0 bridgehead atoms. The van der Waals surface area contributed by atoms with Gasteiger partial charge in [0.05, 0.1) is 10.4 Å². The number of fused-ring (bicyclic) bond motifs is 1. The van der Waals surface area contributed by atoms with Crippen LogP contribution in [0.4, 0.5) is 0 Å². The quantitative estimate of drug-likeness (QED) is 0.572. The van der Waals surface area contributed by atoms with Gasteiger partial charge in [-0.1, -0.05) is 29.8 Å². The predicted octanol–water partition coefficient (Wildman–Crippen LogP) is 4.98. The molecule has 0 aliphatic heterocycles. The lowest BCUT2D eigenvalue weighted by Gasteiger charge is -2.19. The van der Waals surface area contributed by atoms with E-state index < -0.39 is 0 Å². The van der Waals surface area contributed by atoms with E-state index in [1.165, 1.54) is 0 Å². The number of aryl methyl sites for hydroxylation is 2. The van der Waals surface area contributed by atoms with E-state index in [0.29, 0.717) is 34.6 Å². The number of halogens is 1. The Morgan fingerprint density at radius 2 is 1.83 bits per heavy atom. The molecule has 29 heavy (non-hydrogen) atoms. The van der Waals surface area contributed by atoms with Gasteiger partial charge < -0.3 is 14.1 Å². The van der Waals surface area contributed by atoms with E-state index >= 15 is 0 Å². The molecular formula is C23H24ClNO4. The average molecular weight is 414 g/mol. The largest absolute Gasteiger partial charge is 0.476 e. The molecule has 0 atom stereocenters. The Balaban J connectivity index is 2.19. The molecule has 0 aliphatic carbocycles. The summed E-state index contributed by atoms with van der Waals surface area (Å²) in [6, 6.07) is 10.8. The van der Waals surface area contributed by atoms with Crippen LogP contribution in [0.5, 0.6) is 5.75 Å². The van der Waals surface area contributed by atoms with Gasteiger partial charge in [-0.15, -0.1) is 0 Å². The third-order valence-electron chi connectivity index (χ3n) is 4.85. The summed E-state index contributed by atoms with van der Waals surface area (Å²) in [5.74, 6) is 0.0311. The van der Waals surface area contributed by atoms with Gasteiger partial charge in [0.15, 0.2) is 12.4 Å². The third kappa shape index (κ3) is 4.15. The van der Waals surface area contributed by atoms with Gasteiger partial charge in [-0.3, -0.25) is 9.59 Å².